The number of hydrogen-bond donors (Lipinski definition) is 1. The molecule has 1 aromatic heterocycles. The number of rotatable bonds is 5. The first-order valence-electron chi connectivity index (χ1n) is 5.96. The third kappa shape index (κ3) is 2.59. The quantitative estimate of drug-likeness (QED) is 0.852. The van der Waals surface area contributed by atoms with E-state index in [0.717, 1.165) is 23.8 Å². The van der Waals surface area contributed by atoms with Crippen LogP contribution >= 0.6 is 11.5 Å². The average molecular weight is 255 g/mol. The molecular formula is C11H21N5S. The molecule has 0 unspecified atom stereocenters. The Balaban J connectivity index is 1.93. The number of hydrogen-bond acceptors (Lipinski definition) is 6. The maximum Gasteiger partial charge on any atom is 0.132 e. The van der Waals surface area contributed by atoms with Gasteiger partial charge in [0.1, 0.15) is 10.7 Å². The summed E-state index contributed by atoms with van der Waals surface area (Å²) in [6.45, 7) is 1.86. The van der Waals surface area contributed by atoms with E-state index < -0.39 is 0 Å². The molecule has 1 aliphatic rings. The van der Waals surface area contributed by atoms with Crippen LogP contribution in [0.25, 0.3) is 0 Å². The molecule has 1 heterocycles. The fourth-order valence-electron chi connectivity index (χ4n) is 2.47. The lowest BCUT2D eigenvalue weighted by Crippen LogP contribution is -2.56. The predicted molar refractivity (Wildman–Crippen MR) is 70.9 cm³/mol. The van der Waals surface area contributed by atoms with Gasteiger partial charge in [-0.25, -0.2) is 0 Å². The fourth-order valence-corrected chi connectivity index (χ4v) is 2.91. The second kappa shape index (κ2) is 4.88. The van der Waals surface area contributed by atoms with Gasteiger partial charge in [-0.3, -0.25) is 4.90 Å². The largest absolute Gasteiger partial charge is 0.388 e. The van der Waals surface area contributed by atoms with Crippen LogP contribution in [-0.2, 0) is 6.54 Å². The van der Waals surface area contributed by atoms with E-state index >= 15 is 0 Å². The highest BCUT2D eigenvalue weighted by atomic mass is 32.1. The van der Waals surface area contributed by atoms with Gasteiger partial charge in [0.25, 0.3) is 0 Å². The van der Waals surface area contributed by atoms with Crippen molar-refractivity contribution < 1.29 is 0 Å². The van der Waals surface area contributed by atoms with Crippen LogP contribution < -0.4 is 5.73 Å². The lowest BCUT2D eigenvalue weighted by Gasteiger charge is -2.49. The van der Waals surface area contributed by atoms with Crippen molar-refractivity contribution in [1.29, 1.82) is 0 Å². The van der Waals surface area contributed by atoms with Crippen LogP contribution in [0.4, 0.5) is 5.00 Å². The minimum atomic E-state index is 0.354. The maximum atomic E-state index is 5.82. The Morgan fingerprint density at radius 3 is 2.47 bits per heavy atom. The van der Waals surface area contributed by atoms with Gasteiger partial charge >= 0.3 is 0 Å². The highest BCUT2D eigenvalue weighted by molar-refractivity contribution is 7.09. The molecule has 2 N–H and O–H groups in total. The molecule has 1 aromatic rings. The van der Waals surface area contributed by atoms with E-state index in [2.05, 4.69) is 40.5 Å². The topological polar surface area (TPSA) is 58.3 Å². The minimum Gasteiger partial charge on any atom is -0.388 e. The molecule has 0 spiro atoms. The number of nitrogens with two attached hydrogens (primary N) is 1. The first-order valence-corrected chi connectivity index (χ1v) is 6.73. The molecule has 17 heavy (non-hydrogen) atoms. The van der Waals surface area contributed by atoms with Crippen molar-refractivity contribution in [3.63, 3.8) is 0 Å². The van der Waals surface area contributed by atoms with Gasteiger partial charge in [0.15, 0.2) is 0 Å². The van der Waals surface area contributed by atoms with E-state index in [9.17, 15) is 0 Å². The van der Waals surface area contributed by atoms with E-state index in [4.69, 9.17) is 5.73 Å². The first kappa shape index (κ1) is 12.7. The van der Waals surface area contributed by atoms with Crippen molar-refractivity contribution >= 4 is 16.5 Å². The molecule has 96 valence electrons. The monoisotopic (exact) mass is 255 g/mol. The average Bonchev–Trinajstić information content (AvgIpc) is 2.58. The third-order valence-corrected chi connectivity index (χ3v) is 4.40. The highest BCUT2D eigenvalue weighted by Gasteiger charge is 2.39. The van der Waals surface area contributed by atoms with Crippen molar-refractivity contribution in [2.45, 2.75) is 31.3 Å². The van der Waals surface area contributed by atoms with Crippen molar-refractivity contribution in [2.24, 2.45) is 0 Å². The summed E-state index contributed by atoms with van der Waals surface area (Å²) in [5.41, 5.74) is 7.08. The van der Waals surface area contributed by atoms with Gasteiger partial charge in [-0.2, -0.15) is 0 Å². The smallest absolute Gasteiger partial charge is 0.132 e. The van der Waals surface area contributed by atoms with Gasteiger partial charge in [0.2, 0.25) is 0 Å². The third-order valence-electron chi connectivity index (χ3n) is 3.80. The zero-order chi connectivity index (χ0) is 12.5. The number of nitrogens with zero attached hydrogens (tertiary/aromatic N) is 4. The van der Waals surface area contributed by atoms with E-state index in [-0.39, 0.29) is 0 Å². The summed E-state index contributed by atoms with van der Waals surface area (Å²) >= 11 is 1.27. The van der Waals surface area contributed by atoms with E-state index in [1.807, 2.05) is 0 Å². The van der Waals surface area contributed by atoms with Crippen LogP contribution in [0.1, 0.15) is 25.0 Å². The molecule has 1 saturated carbocycles. The molecule has 1 aliphatic carbocycles. The zero-order valence-electron chi connectivity index (χ0n) is 10.8. The normalized spacial score (nSPS) is 18.6. The van der Waals surface area contributed by atoms with Crippen molar-refractivity contribution in [1.82, 2.24) is 19.4 Å². The summed E-state index contributed by atoms with van der Waals surface area (Å²) in [5, 5.41) is 4.80. The summed E-state index contributed by atoms with van der Waals surface area (Å²) in [4.78, 5) is 4.65. The van der Waals surface area contributed by atoms with Gasteiger partial charge in [-0.1, -0.05) is 4.49 Å². The molecule has 0 amide bonds. The van der Waals surface area contributed by atoms with E-state index in [1.165, 1.54) is 30.8 Å². The van der Waals surface area contributed by atoms with Gasteiger partial charge in [-0.15, -0.1) is 5.10 Å². The molecular weight excluding hydrogens is 234 g/mol. The molecule has 0 radical (unpaired) electrons. The SMILES string of the molecule is CN(Cc1nnsc1N)CC1(N(C)C)CCC1. The van der Waals surface area contributed by atoms with Crippen LogP contribution in [-0.4, -0.2) is 52.6 Å². The van der Waals surface area contributed by atoms with Crippen LogP contribution in [0.5, 0.6) is 0 Å². The molecule has 6 heteroatoms. The van der Waals surface area contributed by atoms with Crippen molar-refractivity contribution in [3.05, 3.63) is 5.69 Å². The van der Waals surface area contributed by atoms with Gasteiger partial charge in [-0.05, 0) is 40.4 Å². The molecule has 5 nitrogen and oxygen atoms in total. The molecule has 1 fully saturated rings. The Hall–Kier alpha value is -0.720. The highest BCUT2D eigenvalue weighted by Crippen LogP contribution is 2.36. The minimum absolute atomic E-state index is 0.354. The van der Waals surface area contributed by atoms with Crippen LogP contribution in [0, 0.1) is 0 Å². The van der Waals surface area contributed by atoms with Crippen LogP contribution in [0.3, 0.4) is 0 Å². The molecule has 2 rings (SSSR count). The second-order valence-corrected chi connectivity index (χ2v) is 6.01. The standard InChI is InChI=1S/C11H21N5S/c1-15(2)11(5-4-6-11)8-16(3)7-9-10(12)17-14-13-9/h4-8,12H2,1-3H3. The van der Waals surface area contributed by atoms with E-state index in [0.29, 0.717) is 5.54 Å². The molecule has 0 atom stereocenters. The Kier molecular flexibility index (Phi) is 3.65. The van der Waals surface area contributed by atoms with Crippen molar-refractivity contribution in [2.75, 3.05) is 33.4 Å². The molecule has 0 aromatic carbocycles. The summed E-state index contributed by atoms with van der Waals surface area (Å²) in [5.74, 6) is 0. The van der Waals surface area contributed by atoms with Crippen LogP contribution in [0.15, 0.2) is 0 Å². The maximum absolute atomic E-state index is 5.82. The number of likely N-dealkylation sites (N-methyl/N-ethyl adjacent to an activating group) is 2. The molecule has 0 aliphatic heterocycles. The first-order chi connectivity index (χ1) is 8.03. The summed E-state index contributed by atoms with van der Waals surface area (Å²) in [7, 11) is 6.47. The lowest BCUT2D eigenvalue weighted by atomic mass is 9.75. The van der Waals surface area contributed by atoms with Crippen LogP contribution in [0.2, 0.25) is 0 Å². The number of aromatic nitrogens is 2. The second-order valence-electron chi connectivity index (χ2n) is 5.23. The lowest BCUT2D eigenvalue weighted by molar-refractivity contribution is 0.0256. The summed E-state index contributed by atoms with van der Waals surface area (Å²) in [6.07, 6.45) is 3.91. The van der Waals surface area contributed by atoms with Gasteiger partial charge in [0.05, 0.1) is 0 Å². The number of nitrogen functional groups attached to an aromatic ring is 1. The summed E-state index contributed by atoms with van der Waals surface area (Å²) < 4.78 is 3.87. The zero-order valence-corrected chi connectivity index (χ0v) is 11.6. The molecule has 0 saturated heterocycles. The molecule has 0 bridgehead atoms. The predicted octanol–water partition coefficient (Wildman–Crippen LogP) is 1.04. The fraction of sp³-hybridized carbons (Fsp3) is 0.818. The Morgan fingerprint density at radius 2 is 2.06 bits per heavy atom. The van der Waals surface area contributed by atoms with Gasteiger partial charge < -0.3 is 10.6 Å². The summed E-state index contributed by atoms with van der Waals surface area (Å²) in [6, 6.07) is 0. The Bertz CT molecular complexity index is 372. The number of anilines is 1. The van der Waals surface area contributed by atoms with Gasteiger partial charge in [0, 0.05) is 30.2 Å². The van der Waals surface area contributed by atoms with E-state index in [1.54, 1.807) is 0 Å². The Labute approximate surface area is 107 Å². The van der Waals surface area contributed by atoms with Crippen molar-refractivity contribution in [3.8, 4) is 0 Å². The Morgan fingerprint density at radius 1 is 1.35 bits per heavy atom.